The lowest BCUT2D eigenvalue weighted by Gasteiger charge is -2.16. The first-order chi connectivity index (χ1) is 14.0. The van der Waals surface area contributed by atoms with Crippen LogP contribution >= 0.6 is 15.9 Å². The summed E-state index contributed by atoms with van der Waals surface area (Å²) in [6.07, 6.45) is 4.81. The van der Waals surface area contributed by atoms with Crippen molar-refractivity contribution in [2.45, 2.75) is 39.2 Å². The van der Waals surface area contributed by atoms with Crippen molar-refractivity contribution >= 4 is 21.6 Å². The Morgan fingerprint density at radius 3 is 2.72 bits per heavy atom. The lowest BCUT2D eigenvalue weighted by Crippen LogP contribution is -2.23. The van der Waals surface area contributed by atoms with Gasteiger partial charge in [-0.3, -0.25) is 0 Å². The Morgan fingerprint density at radius 2 is 1.97 bits per heavy atom. The van der Waals surface area contributed by atoms with Gasteiger partial charge in [0.2, 0.25) is 0 Å². The Kier molecular flexibility index (Phi) is 5.62. The van der Waals surface area contributed by atoms with E-state index in [9.17, 15) is 4.79 Å². The van der Waals surface area contributed by atoms with Gasteiger partial charge in [0.05, 0.1) is 11.4 Å². The topological polar surface area (TPSA) is 74.3 Å². The quantitative estimate of drug-likeness (QED) is 0.435. The number of hydrogen-bond acceptors (Lipinski definition) is 5. The fourth-order valence-electron chi connectivity index (χ4n) is 3.56. The first-order valence-electron chi connectivity index (χ1n) is 9.60. The minimum atomic E-state index is -0.321. The van der Waals surface area contributed by atoms with E-state index in [2.05, 4.69) is 49.7 Å². The molecule has 3 aromatic rings. The lowest BCUT2D eigenvalue weighted by atomic mass is 9.90. The Balaban J connectivity index is 1.55. The molecule has 8 heteroatoms. The molecule has 4 rings (SSSR count). The maximum atomic E-state index is 12.2. The highest BCUT2D eigenvalue weighted by Gasteiger charge is 2.14. The van der Waals surface area contributed by atoms with Gasteiger partial charge < -0.3 is 4.84 Å². The zero-order valence-electron chi connectivity index (χ0n) is 16.4. The molecule has 0 N–H and O–H groups in total. The minimum absolute atomic E-state index is 0.196. The van der Waals surface area contributed by atoms with E-state index in [1.807, 2.05) is 19.1 Å². The summed E-state index contributed by atoms with van der Waals surface area (Å²) in [5, 5.41) is 12.0. The van der Waals surface area contributed by atoms with E-state index in [4.69, 9.17) is 4.84 Å². The highest BCUT2D eigenvalue weighted by Crippen LogP contribution is 2.24. The number of fused-ring (bicyclic) bond motifs is 1. The second-order valence-electron chi connectivity index (χ2n) is 7.18. The van der Waals surface area contributed by atoms with Crippen molar-refractivity contribution in [2.75, 3.05) is 0 Å². The van der Waals surface area contributed by atoms with Crippen LogP contribution in [0.25, 0.3) is 5.69 Å². The molecular formula is C21H22BrN5O2. The zero-order valence-corrected chi connectivity index (χ0v) is 18.0. The average molecular weight is 456 g/mol. The van der Waals surface area contributed by atoms with E-state index in [0.717, 1.165) is 34.2 Å². The molecule has 1 aromatic heterocycles. The molecule has 0 amide bonds. The van der Waals surface area contributed by atoms with Gasteiger partial charge in [-0.15, -0.1) is 0 Å². The second-order valence-corrected chi connectivity index (χ2v) is 8.03. The van der Waals surface area contributed by atoms with Crippen molar-refractivity contribution in [3.05, 3.63) is 73.6 Å². The van der Waals surface area contributed by atoms with Crippen LogP contribution in [0.4, 0.5) is 0 Å². The molecule has 1 aliphatic carbocycles. The second kappa shape index (κ2) is 8.32. The molecule has 0 spiro atoms. The molecule has 0 unspecified atom stereocenters. The molecule has 1 heterocycles. The highest BCUT2D eigenvalue weighted by molar-refractivity contribution is 9.10. The summed E-state index contributed by atoms with van der Waals surface area (Å²) in [4.78, 5) is 17.9. The van der Waals surface area contributed by atoms with Gasteiger partial charge in [0.15, 0.2) is 0 Å². The molecule has 0 bridgehead atoms. The maximum absolute atomic E-state index is 12.2. The molecule has 0 saturated carbocycles. The molecule has 150 valence electrons. The largest absolute Gasteiger partial charge is 0.391 e. The van der Waals surface area contributed by atoms with Gasteiger partial charge in [-0.2, -0.15) is 9.36 Å². The molecule has 0 saturated heterocycles. The van der Waals surface area contributed by atoms with Crippen LogP contribution < -0.4 is 5.69 Å². The molecule has 7 nitrogen and oxygen atoms in total. The van der Waals surface area contributed by atoms with E-state index in [-0.39, 0.29) is 12.3 Å². The van der Waals surface area contributed by atoms with E-state index < -0.39 is 0 Å². The summed E-state index contributed by atoms with van der Waals surface area (Å²) in [6, 6.07) is 12.1. The van der Waals surface area contributed by atoms with Crippen LogP contribution in [0.2, 0.25) is 0 Å². The number of aryl methyl sites for hydroxylation is 3. The normalized spacial score (nSPS) is 14.0. The lowest BCUT2D eigenvalue weighted by molar-refractivity contribution is 0.130. The number of aromatic nitrogens is 4. The molecule has 2 aromatic carbocycles. The Bertz CT molecular complexity index is 1130. The SMILES string of the molecule is CC(=NOCc1c(Br)cccc1-n1nnn(C)c1=O)c1ccc2c(c1)CCCC2. The summed E-state index contributed by atoms with van der Waals surface area (Å²) < 4.78 is 3.25. The highest BCUT2D eigenvalue weighted by atomic mass is 79.9. The van der Waals surface area contributed by atoms with Crippen molar-refractivity contribution in [2.24, 2.45) is 12.2 Å². The van der Waals surface area contributed by atoms with Crippen LogP contribution in [0.5, 0.6) is 0 Å². The number of tetrazole rings is 1. The van der Waals surface area contributed by atoms with Gasteiger partial charge in [-0.25, -0.2) is 4.79 Å². The van der Waals surface area contributed by atoms with Crippen LogP contribution in [-0.4, -0.2) is 25.5 Å². The standard InChI is InChI=1S/C21H22BrN5O2/c1-14(16-11-10-15-6-3-4-7-17(15)12-16)23-29-13-18-19(22)8-5-9-20(18)27-21(28)26(2)24-25-27/h5,8-12H,3-4,6-7,13H2,1-2H3. The third kappa shape index (κ3) is 4.03. The third-order valence-corrected chi connectivity index (χ3v) is 5.96. The van der Waals surface area contributed by atoms with Gasteiger partial charge in [-0.05, 0) is 77.9 Å². The number of hydrogen-bond donors (Lipinski definition) is 0. The van der Waals surface area contributed by atoms with Gasteiger partial charge in [0, 0.05) is 17.1 Å². The van der Waals surface area contributed by atoms with Gasteiger partial charge in [0.25, 0.3) is 0 Å². The van der Waals surface area contributed by atoms with E-state index in [1.54, 1.807) is 13.1 Å². The van der Waals surface area contributed by atoms with Crippen molar-refractivity contribution in [1.29, 1.82) is 0 Å². The van der Waals surface area contributed by atoms with E-state index in [0.29, 0.717) is 5.69 Å². The molecule has 29 heavy (non-hydrogen) atoms. The van der Waals surface area contributed by atoms with Crippen LogP contribution in [0, 0.1) is 0 Å². The van der Waals surface area contributed by atoms with Crippen LogP contribution in [0.15, 0.2) is 50.8 Å². The van der Waals surface area contributed by atoms with Crippen LogP contribution in [0.3, 0.4) is 0 Å². The predicted octanol–water partition coefficient (Wildman–Crippen LogP) is 3.55. The summed E-state index contributed by atoms with van der Waals surface area (Å²) in [7, 11) is 1.56. The first-order valence-corrected chi connectivity index (χ1v) is 10.4. The monoisotopic (exact) mass is 455 g/mol. The fraction of sp³-hybridized carbons (Fsp3) is 0.333. The van der Waals surface area contributed by atoms with Gasteiger partial charge >= 0.3 is 5.69 Å². The molecule has 0 fully saturated rings. The number of benzene rings is 2. The summed E-state index contributed by atoms with van der Waals surface area (Å²) in [5.41, 5.74) is 5.82. The third-order valence-electron chi connectivity index (χ3n) is 5.22. The van der Waals surface area contributed by atoms with E-state index >= 15 is 0 Å². The Morgan fingerprint density at radius 1 is 1.17 bits per heavy atom. The maximum Gasteiger partial charge on any atom is 0.368 e. The summed E-state index contributed by atoms with van der Waals surface area (Å²) >= 11 is 3.53. The molecular weight excluding hydrogens is 434 g/mol. The van der Waals surface area contributed by atoms with Gasteiger partial charge in [0.1, 0.15) is 6.61 Å². The number of halogens is 1. The van der Waals surface area contributed by atoms with Gasteiger partial charge in [-0.1, -0.05) is 39.3 Å². The van der Waals surface area contributed by atoms with Crippen LogP contribution in [0.1, 0.15) is 42.0 Å². The summed E-state index contributed by atoms with van der Waals surface area (Å²) in [5.74, 6) is 0. The average Bonchev–Trinajstić information content (AvgIpc) is 3.07. The van der Waals surface area contributed by atoms with Crippen molar-refractivity contribution in [3.8, 4) is 5.69 Å². The zero-order chi connectivity index (χ0) is 20.4. The van der Waals surface area contributed by atoms with E-state index in [1.165, 1.54) is 33.3 Å². The summed E-state index contributed by atoms with van der Waals surface area (Å²) in [6.45, 7) is 2.14. The molecule has 0 radical (unpaired) electrons. The molecule has 0 aliphatic heterocycles. The van der Waals surface area contributed by atoms with Crippen molar-refractivity contribution in [3.63, 3.8) is 0 Å². The number of nitrogens with zero attached hydrogens (tertiary/aromatic N) is 5. The Hall–Kier alpha value is -2.74. The number of rotatable bonds is 5. The predicted molar refractivity (Wildman–Crippen MR) is 114 cm³/mol. The Labute approximate surface area is 177 Å². The minimum Gasteiger partial charge on any atom is -0.391 e. The van der Waals surface area contributed by atoms with Crippen LogP contribution in [-0.2, 0) is 31.3 Å². The molecule has 1 aliphatic rings. The first kappa shape index (κ1) is 19.6. The smallest absolute Gasteiger partial charge is 0.368 e. The van der Waals surface area contributed by atoms with Crippen molar-refractivity contribution in [1.82, 2.24) is 19.8 Å². The molecule has 0 atom stereocenters. The van der Waals surface area contributed by atoms with Crippen molar-refractivity contribution < 1.29 is 4.84 Å². The number of oxime groups is 1. The fourth-order valence-corrected chi connectivity index (χ4v) is 4.03.